The Bertz CT molecular complexity index is 333. The zero-order valence-electron chi connectivity index (χ0n) is 9.63. The van der Waals surface area contributed by atoms with Gasteiger partial charge >= 0.3 is 0 Å². The lowest BCUT2D eigenvalue weighted by atomic mass is 10.1. The van der Waals surface area contributed by atoms with E-state index in [1.54, 1.807) is 18.2 Å². The Morgan fingerprint density at radius 3 is 2.53 bits per heavy atom. The first-order valence-corrected chi connectivity index (χ1v) is 5.48. The Labute approximate surface area is 98.8 Å². The van der Waals surface area contributed by atoms with Crippen LogP contribution in [-0.4, -0.2) is 26.2 Å². The van der Waals surface area contributed by atoms with Gasteiger partial charge in [-0.25, -0.2) is 13.2 Å². The van der Waals surface area contributed by atoms with E-state index in [4.69, 9.17) is 4.74 Å². The summed E-state index contributed by atoms with van der Waals surface area (Å²) in [4.78, 5) is 0. The van der Waals surface area contributed by atoms with Crippen LogP contribution in [0.3, 0.4) is 0 Å². The minimum atomic E-state index is -2.50. The number of likely N-dealkylation sites (N-methyl/N-ethyl adjacent to an activating group) is 1. The van der Waals surface area contributed by atoms with E-state index in [1.807, 2.05) is 6.92 Å². The van der Waals surface area contributed by atoms with Crippen molar-refractivity contribution in [3.63, 3.8) is 0 Å². The fourth-order valence-electron chi connectivity index (χ4n) is 1.54. The van der Waals surface area contributed by atoms with Gasteiger partial charge in [0.2, 0.25) is 0 Å². The normalized spacial score (nSPS) is 13.0. The van der Waals surface area contributed by atoms with Crippen LogP contribution in [0.5, 0.6) is 0 Å². The zero-order valence-corrected chi connectivity index (χ0v) is 9.63. The standard InChI is InChI=1S/C12H16F3NO/c1-2-16-11(7-17-8-12(14)15)9-5-3-4-6-10(9)13/h3-6,11-12,16H,2,7-8H2,1H3. The van der Waals surface area contributed by atoms with Gasteiger partial charge in [-0.2, -0.15) is 0 Å². The average Bonchev–Trinajstić information content (AvgIpc) is 2.28. The van der Waals surface area contributed by atoms with Crippen molar-refractivity contribution in [1.29, 1.82) is 0 Å². The van der Waals surface area contributed by atoms with Crippen LogP contribution >= 0.6 is 0 Å². The van der Waals surface area contributed by atoms with E-state index in [1.165, 1.54) is 6.07 Å². The third-order valence-electron chi connectivity index (χ3n) is 2.26. The molecule has 0 spiro atoms. The lowest BCUT2D eigenvalue weighted by Crippen LogP contribution is -2.27. The molecule has 5 heteroatoms. The Hall–Kier alpha value is -1.07. The van der Waals surface area contributed by atoms with Crippen LogP contribution < -0.4 is 5.32 Å². The SMILES string of the molecule is CCNC(COCC(F)F)c1ccccc1F. The summed E-state index contributed by atoms with van der Waals surface area (Å²) in [5.74, 6) is -0.362. The minimum Gasteiger partial charge on any atom is -0.374 e. The molecule has 0 aliphatic carbocycles. The summed E-state index contributed by atoms with van der Waals surface area (Å²) >= 11 is 0. The minimum absolute atomic E-state index is 0.0269. The van der Waals surface area contributed by atoms with E-state index in [0.717, 1.165) is 0 Å². The van der Waals surface area contributed by atoms with Crippen molar-refractivity contribution in [1.82, 2.24) is 5.32 Å². The van der Waals surface area contributed by atoms with E-state index in [0.29, 0.717) is 12.1 Å². The highest BCUT2D eigenvalue weighted by molar-refractivity contribution is 5.21. The summed E-state index contributed by atoms with van der Waals surface area (Å²) in [5.41, 5.74) is 0.434. The molecule has 96 valence electrons. The highest BCUT2D eigenvalue weighted by atomic mass is 19.3. The predicted octanol–water partition coefficient (Wildman–Crippen LogP) is 2.76. The maximum atomic E-state index is 13.5. The Kier molecular flexibility index (Phi) is 6.00. The molecule has 0 bridgehead atoms. The Balaban J connectivity index is 2.62. The quantitative estimate of drug-likeness (QED) is 0.800. The van der Waals surface area contributed by atoms with Crippen LogP contribution in [0.15, 0.2) is 24.3 Å². The van der Waals surface area contributed by atoms with Gasteiger partial charge in [0.25, 0.3) is 6.43 Å². The summed E-state index contributed by atoms with van der Waals surface area (Å²) < 4.78 is 42.2. The first-order valence-electron chi connectivity index (χ1n) is 5.48. The van der Waals surface area contributed by atoms with E-state index in [-0.39, 0.29) is 12.4 Å². The van der Waals surface area contributed by atoms with E-state index in [9.17, 15) is 13.2 Å². The third-order valence-corrected chi connectivity index (χ3v) is 2.26. The summed E-state index contributed by atoms with van der Waals surface area (Å²) in [6, 6.07) is 5.85. The molecule has 1 unspecified atom stereocenters. The first-order chi connectivity index (χ1) is 8.15. The van der Waals surface area contributed by atoms with E-state index >= 15 is 0 Å². The Morgan fingerprint density at radius 2 is 1.94 bits per heavy atom. The number of hydrogen-bond acceptors (Lipinski definition) is 2. The number of rotatable bonds is 7. The Morgan fingerprint density at radius 1 is 1.24 bits per heavy atom. The molecule has 0 aromatic heterocycles. The van der Waals surface area contributed by atoms with Crippen molar-refractivity contribution in [3.8, 4) is 0 Å². The monoisotopic (exact) mass is 247 g/mol. The van der Waals surface area contributed by atoms with Crippen molar-refractivity contribution in [3.05, 3.63) is 35.6 Å². The largest absolute Gasteiger partial charge is 0.374 e. The molecule has 0 saturated heterocycles. The molecule has 0 fully saturated rings. The summed E-state index contributed by atoms with van der Waals surface area (Å²) in [5, 5.41) is 3.00. The van der Waals surface area contributed by atoms with Gasteiger partial charge in [-0.3, -0.25) is 0 Å². The second kappa shape index (κ2) is 7.29. The van der Waals surface area contributed by atoms with Gasteiger partial charge in [-0.1, -0.05) is 25.1 Å². The highest BCUT2D eigenvalue weighted by Gasteiger charge is 2.15. The average molecular weight is 247 g/mol. The van der Waals surface area contributed by atoms with Crippen molar-refractivity contribution in [2.24, 2.45) is 0 Å². The van der Waals surface area contributed by atoms with Crippen molar-refractivity contribution < 1.29 is 17.9 Å². The molecule has 0 aliphatic rings. The van der Waals surface area contributed by atoms with Gasteiger partial charge in [0.15, 0.2) is 0 Å². The lowest BCUT2D eigenvalue weighted by molar-refractivity contribution is 0.00906. The molecule has 17 heavy (non-hydrogen) atoms. The molecular weight excluding hydrogens is 231 g/mol. The number of nitrogens with one attached hydrogen (secondary N) is 1. The molecule has 1 N–H and O–H groups in total. The molecule has 2 nitrogen and oxygen atoms in total. The summed E-state index contributed by atoms with van der Waals surface area (Å²) in [6.07, 6.45) is -2.50. The molecule has 0 heterocycles. The molecule has 1 atom stereocenters. The van der Waals surface area contributed by atoms with Crippen molar-refractivity contribution in [2.45, 2.75) is 19.4 Å². The molecule has 0 saturated carbocycles. The molecule has 0 aliphatic heterocycles. The van der Waals surface area contributed by atoms with Crippen LogP contribution in [0.25, 0.3) is 0 Å². The van der Waals surface area contributed by atoms with Crippen LogP contribution in [0.2, 0.25) is 0 Å². The van der Waals surface area contributed by atoms with Crippen molar-refractivity contribution >= 4 is 0 Å². The molecule has 0 radical (unpaired) electrons. The maximum Gasteiger partial charge on any atom is 0.261 e. The van der Waals surface area contributed by atoms with Gasteiger partial charge in [0.1, 0.15) is 12.4 Å². The summed E-state index contributed by atoms with van der Waals surface area (Å²) in [7, 11) is 0. The van der Waals surface area contributed by atoms with Gasteiger partial charge in [-0.15, -0.1) is 0 Å². The highest BCUT2D eigenvalue weighted by Crippen LogP contribution is 2.17. The smallest absolute Gasteiger partial charge is 0.261 e. The van der Waals surface area contributed by atoms with Gasteiger partial charge in [0.05, 0.1) is 12.6 Å². The molecule has 1 aromatic carbocycles. The molecule has 1 rings (SSSR count). The first kappa shape index (κ1) is 14.0. The fraction of sp³-hybridized carbons (Fsp3) is 0.500. The number of benzene rings is 1. The second-order valence-electron chi connectivity index (χ2n) is 3.56. The maximum absolute atomic E-state index is 13.5. The van der Waals surface area contributed by atoms with E-state index in [2.05, 4.69) is 5.32 Å². The van der Waals surface area contributed by atoms with Crippen LogP contribution in [0.4, 0.5) is 13.2 Å². The molecule has 1 aromatic rings. The van der Waals surface area contributed by atoms with Gasteiger partial charge in [0, 0.05) is 5.56 Å². The predicted molar refractivity (Wildman–Crippen MR) is 59.6 cm³/mol. The molecular formula is C12H16F3NO. The van der Waals surface area contributed by atoms with Crippen LogP contribution in [-0.2, 0) is 4.74 Å². The summed E-state index contributed by atoms with van der Waals surface area (Å²) in [6.45, 7) is 1.87. The molecule has 0 amide bonds. The number of hydrogen-bond donors (Lipinski definition) is 1. The van der Waals surface area contributed by atoms with Gasteiger partial charge < -0.3 is 10.1 Å². The zero-order chi connectivity index (χ0) is 12.7. The topological polar surface area (TPSA) is 21.3 Å². The van der Waals surface area contributed by atoms with Crippen LogP contribution in [0, 0.1) is 5.82 Å². The van der Waals surface area contributed by atoms with Crippen LogP contribution in [0.1, 0.15) is 18.5 Å². The fourth-order valence-corrected chi connectivity index (χ4v) is 1.54. The second-order valence-corrected chi connectivity index (χ2v) is 3.56. The van der Waals surface area contributed by atoms with E-state index < -0.39 is 19.1 Å². The number of alkyl halides is 2. The third kappa shape index (κ3) is 4.75. The number of halogens is 3. The number of ether oxygens (including phenoxy) is 1. The lowest BCUT2D eigenvalue weighted by Gasteiger charge is -2.18. The van der Waals surface area contributed by atoms with Gasteiger partial charge in [-0.05, 0) is 12.6 Å². The van der Waals surface area contributed by atoms with Crippen molar-refractivity contribution in [2.75, 3.05) is 19.8 Å².